The van der Waals surface area contributed by atoms with E-state index in [4.69, 9.17) is 0 Å². The summed E-state index contributed by atoms with van der Waals surface area (Å²) in [6, 6.07) is 7.53. The van der Waals surface area contributed by atoms with Gasteiger partial charge in [0.2, 0.25) is 5.91 Å². The zero-order valence-corrected chi connectivity index (χ0v) is 13.3. The van der Waals surface area contributed by atoms with Crippen molar-refractivity contribution >= 4 is 21.4 Å². The monoisotopic (exact) mass is 298 g/mol. The molecule has 0 fully saturated rings. The van der Waals surface area contributed by atoms with Crippen LogP contribution in [0.5, 0.6) is 0 Å². The SMILES string of the molecule is CNC(C)c1ccc(NC(=O)C(C)(C)S(C)(=O)=O)cc1. The molecule has 0 bridgehead atoms. The van der Waals surface area contributed by atoms with Crippen molar-refractivity contribution in [3.8, 4) is 0 Å². The number of amides is 1. The lowest BCUT2D eigenvalue weighted by molar-refractivity contribution is -0.117. The number of carbonyl (C=O) groups excluding carboxylic acids is 1. The Hall–Kier alpha value is -1.40. The first-order chi connectivity index (χ1) is 9.09. The Morgan fingerprint density at radius 1 is 1.20 bits per heavy atom. The first-order valence-corrected chi connectivity index (χ1v) is 8.27. The number of hydrogen-bond acceptors (Lipinski definition) is 4. The highest BCUT2D eigenvalue weighted by molar-refractivity contribution is 7.92. The van der Waals surface area contributed by atoms with Crippen LogP contribution in [0.15, 0.2) is 24.3 Å². The number of carbonyl (C=O) groups is 1. The average Bonchev–Trinajstić information content (AvgIpc) is 2.37. The van der Waals surface area contributed by atoms with Crippen molar-refractivity contribution in [2.45, 2.75) is 31.6 Å². The van der Waals surface area contributed by atoms with Crippen LogP contribution < -0.4 is 10.6 Å². The van der Waals surface area contributed by atoms with Gasteiger partial charge in [0, 0.05) is 18.0 Å². The molecule has 112 valence electrons. The molecule has 0 radical (unpaired) electrons. The topological polar surface area (TPSA) is 75.3 Å². The molecule has 0 spiro atoms. The van der Waals surface area contributed by atoms with Gasteiger partial charge in [-0.05, 0) is 45.5 Å². The van der Waals surface area contributed by atoms with Crippen molar-refractivity contribution in [1.82, 2.24) is 5.32 Å². The molecule has 1 amide bonds. The number of anilines is 1. The summed E-state index contributed by atoms with van der Waals surface area (Å²) < 4.78 is 21.7. The minimum Gasteiger partial charge on any atom is -0.325 e. The Kier molecular flexibility index (Phi) is 4.94. The molecule has 1 aromatic carbocycles. The molecule has 0 aliphatic rings. The van der Waals surface area contributed by atoms with Crippen LogP contribution in [0.4, 0.5) is 5.69 Å². The molecule has 1 rings (SSSR count). The first-order valence-electron chi connectivity index (χ1n) is 6.38. The highest BCUT2D eigenvalue weighted by Crippen LogP contribution is 2.20. The molecule has 1 unspecified atom stereocenters. The van der Waals surface area contributed by atoms with E-state index in [0.717, 1.165) is 11.8 Å². The third kappa shape index (κ3) is 3.58. The fourth-order valence-corrected chi connectivity index (χ4v) is 1.86. The van der Waals surface area contributed by atoms with Crippen LogP contribution in [0.3, 0.4) is 0 Å². The number of nitrogens with one attached hydrogen (secondary N) is 2. The van der Waals surface area contributed by atoms with Gasteiger partial charge in [-0.3, -0.25) is 4.79 Å². The van der Waals surface area contributed by atoms with Gasteiger partial charge in [0.15, 0.2) is 9.84 Å². The molecule has 0 aliphatic heterocycles. The Labute approximate surface area is 120 Å². The van der Waals surface area contributed by atoms with Crippen molar-refractivity contribution < 1.29 is 13.2 Å². The summed E-state index contributed by atoms with van der Waals surface area (Å²) in [5.74, 6) is -0.533. The van der Waals surface area contributed by atoms with Crippen molar-refractivity contribution in [2.75, 3.05) is 18.6 Å². The average molecular weight is 298 g/mol. The predicted molar refractivity (Wildman–Crippen MR) is 81.5 cm³/mol. The van der Waals surface area contributed by atoms with E-state index in [0.29, 0.717) is 5.69 Å². The van der Waals surface area contributed by atoms with Gasteiger partial charge in [-0.15, -0.1) is 0 Å². The molecule has 20 heavy (non-hydrogen) atoms. The molecule has 1 aromatic rings. The summed E-state index contributed by atoms with van der Waals surface area (Å²) in [4.78, 5) is 12.1. The minimum atomic E-state index is -3.47. The van der Waals surface area contributed by atoms with Gasteiger partial charge in [0.1, 0.15) is 4.75 Å². The van der Waals surface area contributed by atoms with Crippen LogP contribution in [0, 0.1) is 0 Å². The van der Waals surface area contributed by atoms with E-state index < -0.39 is 20.5 Å². The van der Waals surface area contributed by atoms with Gasteiger partial charge in [-0.1, -0.05) is 12.1 Å². The molecule has 0 saturated carbocycles. The number of sulfone groups is 1. The second kappa shape index (κ2) is 5.93. The maximum absolute atomic E-state index is 12.1. The third-order valence-corrected chi connectivity index (χ3v) is 5.61. The summed E-state index contributed by atoms with van der Waals surface area (Å²) >= 11 is 0. The number of rotatable bonds is 5. The fourth-order valence-electron chi connectivity index (χ4n) is 1.47. The lowest BCUT2D eigenvalue weighted by Crippen LogP contribution is -2.43. The summed E-state index contributed by atoms with van der Waals surface area (Å²) in [7, 11) is -1.60. The smallest absolute Gasteiger partial charge is 0.245 e. The minimum absolute atomic E-state index is 0.215. The van der Waals surface area contributed by atoms with Gasteiger partial charge in [0.05, 0.1) is 0 Å². The van der Waals surface area contributed by atoms with Gasteiger partial charge >= 0.3 is 0 Å². The summed E-state index contributed by atoms with van der Waals surface area (Å²) in [6.07, 6.45) is 1.06. The summed E-state index contributed by atoms with van der Waals surface area (Å²) in [6.45, 7) is 4.82. The van der Waals surface area contributed by atoms with E-state index in [1.54, 1.807) is 12.1 Å². The Bertz CT molecular complexity index is 577. The van der Waals surface area contributed by atoms with Crippen molar-refractivity contribution in [1.29, 1.82) is 0 Å². The summed E-state index contributed by atoms with van der Waals surface area (Å²) in [5, 5.41) is 5.75. The molecule has 0 saturated heterocycles. The van der Waals surface area contributed by atoms with Gasteiger partial charge in [-0.2, -0.15) is 0 Å². The second-order valence-corrected chi connectivity index (χ2v) is 7.93. The van der Waals surface area contributed by atoms with E-state index in [2.05, 4.69) is 10.6 Å². The Morgan fingerprint density at radius 2 is 1.70 bits per heavy atom. The largest absolute Gasteiger partial charge is 0.325 e. The van der Waals surface area contributed by atoms with Crippen LogP contribution in [0.1, 0.15) is 32.4 Å². The van der Waals surface area contributed by atoms with Gasteiger partial charge in [-0.25, -0.2) is 8.42 Å². The molecule has 6 heteroatoms. The standard InChI is InChI=1S/C14H22N2O3S/c1-10(15-4)11-6-8-12(9-7-11)16-13(17)14(2,3)20(5,18)19/h6-10,15H,1-5H3,(H,16,17). The van der Waals surface area contributed by atoms with E-state index in [-0.39, 0.29) is 6.04 Å². The summed E-state index contributed by atoms with van der Waals surface area (Å²) in [5.41, 5.74) is 1.67. The zero-order valence-electron chi connectivity index (χ0n) is 12.5. The molecular formula is C14H22N2O3S. The van der Waals surface area contributed by atoms with Crippen LogP contribution in [-0.2, 0) is 14.6 Å². The molecular weight excluding hydrogens is 276 g/mol. The Morgan fingerprint density at radius 3 is 2.10 bits per heavy atom. The first kappa shape index (κ1) is 16.7. The molecule has 0 aliphatic carbocycles. The van der Waals surface area contributed by atoms with E-state index in [1.807, 2.05) is 26.1 Å². The van der Waals surface area contributed by atoms with Crippen LogP contribution in [0.2, 0.25) is 0 Å². The molecule has 2 N–H and O–H groups in total. The third-order valence-electron chi connectivity index (χ3n) is 3.58. The lowest BCUT2D eigenvalue weighted by atomic mass is 10.1. The number of hydrogen-bond donors (Lipinski definition) is 2. The van der Waals surface area contributed by atoms with Crippen LogP contribution >= 0.6 is 0 Å². The number of benzene rings is 1. The van der Waals surface area contributed by atoms with Gasteiger partial charge < -0.3 is 10.6 Å². The van der Waals surface area contributed by atoms with Gasteiger partial charge in [0.25, 0.3) is 0 Å². The highest BCUT2D eigenvalue weighted by atomic mass is 32.2. The van der Waals surface area contributed by atoms with Crippen LogP contribution in [-0.4, -0.2) is 32.4 Å². The molecule has 5 nitrogen and oxygen atoms in total. The normalized spacial score (nSPS) is 13.8. The van der Waals surface area contributed by atoms with Crippen molar-refractivity contribution in [2.24, 2.45) is 0 Å². The van der Waals surface area contributed by atoms with E-state index in [1.165, 1.54) is 13.8 Å². The quantitative estimate of drug-likeness (QED) is 0.868. The maximum Gasteiger partial charge on any atom is 0.245 e. The zero-order chi connectivity index (χ0) is 15.6. The highest BCUT2D eigenvalue weighted by Gasteiger charge is 2.38. The second-order valence-electron chi connectivity index (χ2n) is 5.37. The Balaban J connectivity index is 2.87. The van der Waals surface area contributed by atoms with Crippen molar-refractivity contribution in [3.63, 3.8) is 0 Å². The molecule has 1 atom stereocenters. The van der Waals surface area contributed by atoms with E-state index in [9.17, 15) is 13.2 Å². The maximum atomic E-state index is 12.1. The lowest BCUT2D eigenvalue weighted by Gasteiger charge is -2.21. The fraction of sp³-hybridized carbons (Fsp3) is 0.500. The van der Waals surface area contributed by atoms with E-state index >= 15 is 0 Å². The predicted octanol–water partition coefficient (Wildman–Crippen LogP) is 1.73. The molecule has 0 aromatic heterocycles. The van der Waals surface area contributed by atoms with Crippen LogP contribution in [0.25, 0.3) is 0 Å². The molecule has 0 heterocycles. The van der Waals surface area contributed by atoms with Crippen molar-refractivity contribution in [3.05, 3.63) is 29.8 Å².